The van der Waals surface area contributed by atoms with Crippen molar-refractivity contribution in [2.24, 2.45) is 0 Å². The van der Waals surface area contributed by atoms with Crippen LogP contribution >= 0.6 is 0 Å². The fraction of sp³-hybridized carbons (Fsp3) is 0.263. The van der Waals surface area contributed by atoms with Crippen LogP contribution in [0.25, 0.3) is 33.1 Å². The zero-order chi connectivity index (χ0) is 16.0. The molecule has 0 saturated heterocycles. The van der Waals surface area contributed by atoms with Gasteiger partial charge in [0.25, 0.3) is 0 Å². The van der Waals surface area contributed by atoms with E-state index in [1.807, 2.05) is 6.20 Å². The van der Waals surface area contributed by atoms with Gasteiger partial charge in [-0.25, -0.2) is 9.97 Å². The van der Waals surface area contributed by atoms with E-state index in [4.69, 9.17) is 0 Å². The summed E-state index contributed by atoms with van der Waals surface area (Å²) in [5.41, 5.74) is 4.35. The minimum absolute atomic E-state index is 0.404. The van der Waals surface area contributed by atoms with E-state index in [1.165, 1.54) is 10.8 Å². The van der Waals surface area contributed by atoms with E-state index in [0.717, 1.165) is 40.4 Å². The van der Waals surface area contributed by atoms with Crippen molar-refractivity contribution >= 4 is 21.8 Å². The number of imidazole rings is 2. The summed E-state index contributed by atoms with van der Waals surface area (Å²) in [5, 5.41) is 2.42. The molecule has 2 aromatic carbocycles. The van der Waals surface area contributed by atoms with Crippen LogP contribution in [0, 0.1) is 0 Å². The summed E-state index contributed by atoms with van der Waals surface area (Å²) in [6, 6.07) is 10.8. The normalized spacial score (nSPS) is 11.8. The van der Waals surface area contributed by atoms with Crippen molar-refractivity contribution in [3.63, 3.8) is 0 Å². The zero-order valence-electron chi connectivity index (χ0n) is 13.6. The van der Waals surface area contributed by atoms with Crippen LogP contribution in [0.5, 0.6) is 0 Å². The monoisotopic (exact) mass is 304 g/mol. The van der Waals surface area contributed by atoms with Crippen molar-refractivity contribution in [3.05, 3.63) is 48.2 Å². The Bertz CT molecular complexity index is 991. The SMILES string of the molecule is CCc1nc2cc3ccc(-c4cnc(C(C)C)[nH]4)cc3cc2[nH]1. The van der Waals surface area contributed by atoms with Gasteiger partial charge in [-0.15, -0.1) is 0 Å². The lowest BCUT2D eigenvalue weighted by Gasteiger charge is -2.03. The Morgan fingerprint density at radius 3 is 2.65 bits per heavy atom. The molecule has 23 heavy (non-hydrogen) atoms. The van der Waals surface area contributed by atoms with Gasteiger partial charge in [0.1, 0.15) is 11.6 Å². The molecule has 4 rings (SSSR count). The molecule has 0 fully saturated rings. The van der Waals surface area contributed by atoms with Gasteiger partial charge in [0.15, 0.2) is 0 Å². The van der Waals surface area contributed by atoms with Crippen molar-refractivity contribution < 1.29 is 0 Å². The van der Waals surface area contributed by atoms with Crippen molar-refractivity contribution in [2.75, 3.05) is 0 Å². The molecule has 4 heteroatoms. The summed E-state index contributed by atoms with van der Waals surface area (Å²) in [6.45, 7) is 6.40. The van der Waals surface area contributed by atoms with Crippen LogP contribution < -0.4 is 0 Å². The predicted octanol–water partition coefficient (Wildman–Crippen LogP) is 4.79. The summed E-state index contributed by atoms with van der Waals surface area (Å²) in [7, 11) is 0. The average molecular weight is 304 g/mol. The Labute approximate surface area is 135 Å². The second-order valence-corrected chi connectivity index (χ2v) is 6.31. The summed E-state index contributed by atoms with van der Waals surface area (Å²) < 4.78 is 0. The Morgan fingerprint density at radius 1 is 1.04 bits per heavy atom. The van der Waals surface area contributed by atoms with Crippen LogP contribution in [-0.2, 0) is 6.42 Å². The number of nitrogens with one attached hydrogen (secondary N) is 2. The van der Waals surface area contributed by atoms with Gasteiger partial charge < -0.3 is 9.97 Å². The molecule has 0 radical (unpaired) electrons. The van der Waals surface area contributed by atoms with E-state index in [1.54, 1.807) is 0 Å². The highest BCUT2D eigenvalue weighted by Gasteiger charge is 2.08. The number of H-pyrrole nitrogens is 2. The average Bonchev–Trinajstić information content (AvgIpc) is 3.18. The lowest BCUT2D eigenvalue weighted by molar-refractivity contribution is 0.795. The maximum atomic E-state index is 4.61. The van der Waals surface area contributed by atoms with Crippen molar-refractivity contribution in [1.82, 2.24) is 19.9 Å². The number of rotatable bonds is 3. The van der Waals surface area contributed by atoms with Gasteiger partial charge >= 0.3 is 0 Å². The van der Waals surface area contributed by atoms with Crippen LogP contribution in [0.3, 0.4) is 0 Å². The van der Waals surface area contributed by atoms with Crippen LogP contribution in [0.4, 0.5) is 0 Å². The molecule has 4 aromatic rings. The van der Waals surface area contributed by atoms with Crippen LogP contribution in [0.15, 0.2) is 36.5 Å². The maximum absolute atomic E-state index is 4.61. The van der Waals surface area contributed by atoms with Gasteiger partial charge in [0, 0.05) is 17.9 Å². The lowest BCUT2D eigenvalue weighted by Crippen LogP contribution is -1.89. The molecule has 0 saturated carbocycles. The summed E-state index contributed by atoms with van der Waals surface area (Å²) in [5.74, 6) is 2.46. The van der Waals surface area contributed by atoms with Crippen LogP contribution in [-0.4, -0.2) is 19.9 Å². The largest absolute Gasteiger partial charge is 0.342 e. The second-order valence-electron chi connectivity index (χ2n) is 6.31. The minimum atomic E-state index is 0.404. The number of benzene rings is 2. The maximum Gasteiger partial charge on any atom is 0.109 e. The van der Waals surface area contributed by atoms with E-state index in [9.17, 15) is 0 Å². The minimum Gasteiger partial charge on any atom is -0.342 e. The molecule has 0 atom stereocenters. The van der Waals surface area contributed by atoms with Crippen molar-refractivity contribution in [2.45, 2.75) is 33.1 Å². The molecule has 0 aliphatic carbocycles. The van der Waals surface area contributed by atoms with Gasteiger partial charge in [0.05, 0.1) is 22.9 Å². The van der Waals surface area contributed by atoms with Gasteiger partial charge in [-0.05, 0) is 29.0 Å². The molecule has 0 aliphatic heterocycles. The smallest absolute Gasteiger partial charge is 0.109 e. The third-order valence-corrected chi connectivity index (χ3v) is 4.28. The molecular formula is C19H20N4. The molecule has 0 amide bonds. The first-order valence-corrected chi connectivity index (χ1v) is 8.11. The third kappa shape index (κ3) is 2.40. The van der Waals surface area contributed by atoms with Crippen molar-refractivity contribution in [3.8, 4) is 11.3 Å². The van der Waals surface area contributed by atoms with E-state index in [-0.39, 0.29) is 0 Å². The number of aromatic amines is 2. The number of nitrogens with zero attached hydrogens (tertiary/aromatic N) is 2. The molecule has 0 spiro atoms. The van der Waals surface area contributed by atoms with Gasteiger partial charge in [0.2, 0.25) is 0 Å². The highest BCUT2D eigenvalue weighted by molar-refractivity contribution is 5.97. The molecule has 2 N–H and O–H groups in total. The predicted molar refractivity (Wildman–Crippen MR) is 94.6 cm³/mol. The molecule has 0 bridgehead atoms. The fourth-order valence-electron chi connectivity index (χ4n) is 2.92. The van der Waals surface area contributed by atoms with E-state index < -0.39 is 0 Å². The quantitative estimate of drug-likeness (QED) is 0.571. The zero-order valence-corrected chi connectivity index (χ0v) is 13.6. The molecule has 4 nitrogen and oxygen atoms in total. The number of aryl methyl sites for hydroxylation is 1. The number of hydrogen-bond donors (Lipinski definition) is 2. The summed E-state index contributed by atoms with van der Waals surface area (Å²) >= 11 is 0. The molecule has 2 heterocycles. The van der Waals surface area contributed by atoms with Crippen LogP contribution in [0.1, 0.15) is 38.3 Å². The number of fused-ring (bicyclic) bond motifs is 2. The first-order valence-electron chi connectivity index (χ1n) is 8.11. The Balaban J connectivity index is 1.83. The lowest BCUT2D eigenvalue weighted by atomic mass is 10.0. The Morgan fingerprint density at radius 2 is 1.91 bits per heavy atom. The van der Waals surface area contributed by atoms with E-state index in [2.05, 4.69) is 71.0 Å². The van der Waals surface area contributed by atoms with Gasteiger partial charge in [-0.3, -0.25) is 0 Å². The van der Waals surface area contributed by atoms with Crippen LogP contribution in [0.2, 0.25) is 0 Å². The molecular weight excluding hydrogens is 284 g/mol. The second kappa shape index (κ2) is 5.23. The topological polar surface area (TPSA) is 57.4 Å². The Kier molecular flexibility index (Phi) is 3.18. The molecule has 116 valence electrons. The highest BCUT2D eigenvalue weighted by atomic mass is 14.9. The molecule has 0 aliphatic rings. The van der Waals surface area contributed by atoms with E-state index >= 15 is 0 Å². The summed E-state index contributed by atoms with van der Waals surface area (Å²) in [4.78, 5) is 15.9. The highest BCUT2D eigenvalue weighted by Crippen LogP contribution is 2.27. The fourth-order valence-corrected chi connectivity index (χ4v) is 2.92. The van der Waals surface area contributed by atoms with E-state index in [0.29, 0.717) is 5.92 Å². The Hall–Kier alpha value is -2.62. The number of hydrogen-bond acceptors (Lipinski definition) is 2. The molecule has 2 aromatic heterocycles. The third-order valence-electron chi connectivity index (χ3n) is 4.28. The first-order chi connectivity index (χ1) is 11.1. The van der Waals surface area contributed by atoms with Gasteiger partial charge in [-0.2, -0.15) is 0 Å². The first kappa shape index (κ1) is 14.0. The van der Waals surface area contributed by atoms with Gasteiger partial charge in [-0.1, -0.05) is 32.9 Å². The van der Waals surface area contributed by atoms with Crippen molar-refractivity contribution in [1.29, 1.82) is 0 Å². The molecule has 0 unspecified atom stereocenters. The summed E-state index contributed by atoms with van der Waals surface area (Å²) in [6.07, 6.45) is 2.84. The standard InChI is InChI=1S/C19H20N4/c1-4-18-21-15-8-12-5-6-13(7-14(12)9-16(15)22-18)17-10-20-19(23-17)11(2)3/h5-11H,4H2,1-3H3,(H,20,23)(H,21,22). The number of aromatic nitrogens is 4.